The van der Waals surface area contributed by atoms with Crippen molar-refractivity contribution in [2.24, 2.45) is 0 Å². The maximum Gasteiger partial charge on any atom is 0.321 e. The van der Waals surface area contributed by atoms with E-state index < -0.39 is 0 Å². The minimum Gasteiger partial charge on any atom is -0.441 e. The van der Waals surface area contributed by atoms with Crippen LogP contribution in [-0.2, 0) is 0 Å². The van der Waals surface area contributed by atoms with Gasteiger partial charge < -0.3 is 19.5 Å². The Bertz CT molecular complexity index is 1050. The lowest BCUT2D eigenvalue weighted by atomic mass is 10.2. The van der Waals surface area contributed by atoms with Gasteiger partial charge in [0.1, 0.15) is 5.76 Å². The molecule has 0 atom stereocenters. The summed E-state index contributed by atoms with van der Waals surface area (Å²) in [6.07, 6.45) is 0. The molecule has 154 valence electrons. The highest BCUT2D eigenvalue weighted by Crippen LogP contribution is 2.22. The lowest BCUT2D eigenvalue weighted by Gasteiger charge is -2.34. The number of hydrogen-bond donors (Lipinski definition) is 1. The summed E-state index contributed by atoms with van der Waals surface area (Å²) in [4.78, 5) is 33.3. The molecule has 1 N–H and O–H groups in total. The molecule has 0 bridgehead atoms. The number of aryl methyl sites for hydroxylation is 2. The Morgan fingerprint density at radius 2 is 1.63 bits per heavy atom. The fourth-order valence-corrected chi connectivity index (χ4v) is 3.49. The van der Waals surface area contributed by atoms with Gasteiger partial charge in [-0.1, -0.05) is 30.3 Å². The van der Waals surface area contributed by atoms with Gasteiger partial charge in [0.05, 0.1) is 0 Å². The van der Waals surface area contributed by atoms with Crippen LogP contribution in [-0.4, -0.2) is 52.9 Å². The molecule has 1 aliphatic heterocycles. The summed E-state index contributed by atoms with van der Waals surface area (Å²) in [5.74, 6) is 0.767. The van der Waals surface area contributed by atoms with Crippen LogP contribution in [0.5, 0.6) is 0 Å². The van der Waals surface area contributed by atoms with Crippen LogP contribution in [0.4, 0.5) is 10.5 Å². The van der Waals surface area contributed by atoms with Crippen molar-refractivity contribution in [3.63, 3.8) is 0 Å². The number of aromatic nitrogens is 1. The van der Waals surface area contributed by atoms with E-state index in [0.717, 1.165) is 16.8 Å². The third kappa shape index (κ3) is 4.20. The quantitative estimate of drug-likeness (QED) is 0.717. The molecule has 3 amide bonds. The average Bonchev–Trinajstić information content (AvgIpc) is 3.15. The number of benzene rings is 2. The molecule has 1 aliphatic rings. The van der Waals surface area contributed by atoms with E-state index in [2.05, 4.69) is 10.3 Å². The first-order chi connectivity index (χ1) is 14.5. The smallest absolute Gasteiger partial charge is 0.321 e. The monoisotopic (exact) mass is 404 g/mol. The topological polar surface area (TPSA) is 78.7 Å². The summed E-state index contributed by atoms with van der Waals surface area (Å²) in [7, 11) is 0. The summed E-state index contributed by atoms with van der Waals surface area (Å²) in [6.45, 7) is 5.56. The van der Waals surface area contributed by atoms with Crippen molar-refractivity contribution in [2.45, 2.75) is 13.8 Å². The van der Waals surface area contributed by atoms with Gasteiger partial charge in [-0.15, -0.1) is 0 Å². The zero-order valence-corrected chi connectivity index (χ0v) is 17.1. The van der Waals surface area contributed by atoms with E-state index in [0.29, 0.717) is 43.5 Å². The summed E-state index contributed by atoms with van der Waals surface area (Å²) in [6, 6.07) is 17.0. The van der Waals surface area contributed by atoms with Gasteiger partial charge in [0.15, 0.2) is 5.69 Å². The van der Waals surface area contributed by atoms with Gasteiger partial charge in [-0.3, -0.25) is 4.79 Å². The molecular formula is C23H24N4O3. The van der Waals surface area contributed by atoms with Crippen molar-refractivity contribution in [1.82, 2.24) is 14.8 Å². The van der Waals surface area contributed by atoms with Gasteiger partial charge >= 0.3 is 6.03 Å². The van der Waals surface area contributed by atoms with Crippen molar-refractivity contribution in [2.75, 3.05) is 31.5 Å². The largest absolute Gasteiger partial charge is 0.441 e. The van der Waals surface area contributed by atoms with Crippen molar-refractivity contribution >= 4 is 17.6 Å². The number of amides is 3. The van der Waals surface area contributed by atoms with Gasteiger partial charge in [-0.2, -0.15) is 0 Å². The van der Waals surface area contributed by atoms with Crippen molar-refractivity contribution in [3.8, 4) is 11.5 Å². The first kappa shape index (κ1) is 19.7. The molecule has 1 aromatic heterocycles. The van der Waals surface area contributed by atoms with Gasteiger partial charge in [0.25, 0.3) is 5.91 Å². The van der Waals surface area contributed by atoms with Crippen LogP contribution >= 0.6 is 0 Å². The maximum absolute atomic E-state index is 13.0. The molecule has 1 saturated heterocycles. The molecule has 2 aromatic carbocycles. The molecule has 0 aliphatic carbocycles. The molecule has 1 fully saturated rings. The second-order valence-electron chi connectivity index (χ2n) is 7.37. The maximum atomic E-state index is 13.0. The fourth-order valence-electron chi connectivity index (χ4n) is 3.49. The lowest BCUT2D eigenvalue weighted by molar-refractivity contribution is 0.0665. The highest BCUT2D eigenvalue weighted by atomic mass is 16.4. The molecule has 2 heterocycles. The normalized spacial score (nSPS) is 13.9. The summed E-state index contributed by atoms with van der Waals surface area (Å²) < 4.78 is 5.71. The average molecular weight is 404 g/mol. The predicted octanol–water partition coefficient (Wildman–Crippen LogP) is 3.95. The predicted molar refractivity (Wildman–Crippen MR) is 114 cm³/mol. The highest BCUT2D eigenvalue weighted by Gasteiger charge is 2.28. The Kier molecular flexibility index (Phi) is 5.52. The van der Waals surface area contributed by atoms with Crippen LogP contribution in [0.15, 0.2) is 59.0 Å². The van der Waals surface area contributed by atoms with Gasteiger partial charge in [0, 0.05) is 37.4 Å². The van der Waals surface area contributed by atoms with Gasteiger partial charge in [-0.25, -0.2) is 9.78 Å². The van der Waals surface area contributed by atoms with Crippen LogP contribution < -0.4 is 5.32 Å². The Hall–Kier alpha value is -3.61. The van der Waals surface area contributed by atoms with E-state index in [4.69, 9.17) is 4.42 Å². The minimum absolute atomic E-state index is 0.156. The zero-order chi connectivity index (χ0) is 21.1. The van der Waals surface area contributed by atoms with E-state index in [1.54, 1.807) is 16.7 Å². The van der Waals surface area contributed by atoms with Crippen LogP contribution in [0.1, 0.15) is 21.8 Å². The summed E-state index contributed by atoms with van der Waals surface area (Å²) in [5.41, 5.74) is 3.01. The Morgan fingerprint density at radius 3 is 2.33 bits per heavy atom. The van der Waals surface area contributed by atoms with Gasteiger partial charge in [0.2, 0.25) is 5.89 Å². The van der Waals surface area contributed by atoms with Crippen LogP contribution in [0.25, 0.3) is 11.5 Å². The number of anilines is 1. The standard InChI is InChI=1S/C23H24N4O3/c1-16-7-6-10-19(15-16)24-23(29)27-13-11-26(12-14-27)22(28)20-17(2)30-21(25-20)18-8-4-3-5-9-18/h3-10,15H,11-14H2,1-2H3,(H,24,29). The molecule has 30 heavy (non-hydrogen) atoms. The van der Waals surface area contributed by atoms with Gasteiger partial charge in [-0.05, 0) is 43.7 Å². The Morgan fingerprint density at radius 1 is 0.933 bits per heavy atom. The van der Waals surface area contributed by atoms with Crippen LogP contribution in [0.3, 0.4) is 0 Å². The molecule has 0 unspecified atom stereocenters. The molecule has 0 spiro atoms. The minimum atomic E-state index is -0.169. The number of nitrogens with one attached hydrogen (secondary N) is 1. The van der Waals surface area contributed by atoms with E-state index >= 15 is 0 Å². The lowest BCUT2D eigenvalue weighted by Crippen LogP contribution is -2.51. The summed E-state index contributed by atoms with van der Waals surface area (Å²) in [5, 5.41) is 2.92. The second-order valence-corrected chi connectivity index (χ2v) is 7.37. The molecular weight excluding hydrogens is 380 g/mol. The number of carbonyl (C=O) groups excluding carboxylic acids is 2. The van der Waals surface area contributed by atoms with E-state index in [-0.39, 0.29) is 11.9 Å². The van der Waals surface area contributed by atoms with E-state index in [1.807, 2.05) is 61.5 Å². The molecule has 4 rings (SSSR count). The number of piperazine rings is 1. The van der Waals surface area contributed by atoms with Crippen LogP contribution in [0, 0.1) is 13.8 Å². The first-order valence-electron chi connectivity index (χ1n) is 9.96. The van der Waals surface area contributed by atoms with E-state index in [1.165, 1.54) is 0 Å². The molecule has 3 aromatic rings. The fraction of sp³-hybridized carbons (Fsp3) is 0.261. The third-order valence-corrected chi connectivity index (χ3v) is 5.14. The Labute approximate surface area is 175 Å². The number of hydrogen-bond acceptors (Lipinski definition) is 4. The van der Waals surface area contributed by atoms with Crippen molar-refractivity contribution < 1.29 is 14.0 Å². The number of carbonyl (C=O) groups is 2. The Balaban J connectivity index is 1.38. The van der Waals surface area contributed by atoms with Crippen molar-refractivity contribution in [1.29, 1.82) is 0 Å². The number of urea groups is 1. The van der Waals surface area contributed by atoms with Crippen molar-refractivity contribution in [3.05, 3.63) is 71.6 Å². The number of rotatable bonds is 3. The molecule has 0 radical (unpaired) electrons. The highest BCUT2D eigenvalue weighted by molar-refractivity contribution is 5.94. The molecule has 0 saturated carbocycles. The molecule has 7 nitrogen and oxygen atoms in total. The van der Waals surface area contributed by atoms with E-state index in [9.17, 15) is 9.59 Å². The number of oxazole rings is 1. The third-order valence-electron chi connectivity index (χ3n) is 5.14. The zero-order valence-electron chi connectivity index (χ0n) is 17.1. The molecule has 7 heteroatoms. The number of nitrogens with zero attached hydrogens (tertiary/aromatic N) is 3. The van der Waals surface area contributed by atoms with Crippen LogP contribution in [0.2, 0.25) is 0 Å². The summed E-state index contributed by atoms with van der Waals surface area (Å²) >= 11 is 0. The SMILES string of the molecule is Cc1cccc(NC(=O)N2CCN(C(=O)c3nc(-c4ccccc4)oc3C)CC2)c1. The first-order valence-corrected chi connectivity index (χ1v) is 9.96. The second kappa shape index (κ2) is 8.41.